The van der Waals surface area contributed by atoms with Crippen molar-refractivity contribution in [2.75, 3.05) is 0 Å². The topological polar surface area (TPSA) is 271 Å². The molecule has 0 radical (unpaired) electrons. The SMILES string of the molecule is c1ccc(C2=NC3=NC(c4ccccc4)=NC4=NC(c5nc(C6=NC7=NC(c8ccccc8)=NC8=NC(c9ccccc9)=NC(=N6)N87)nc(C6=NC7=NC(c8ccccc8)=NC8=NC(c9ccccc9)=NC(=N6)N87)n5)=NC(=N2)N34)cc1. The lowest BCUT2D eigenvalue weighted by molar-refractivity contribution is 0.821. The molecule has 24 nitrogen and oxygen atoms in total. The maximum absolute atomic E-state index is 5.05. The van der Waals surface area contributed by atoms with E-state index in [2.05, 4.69) is 0 Å². The lowest BCUT2D eigenvalue weighted by atomic mass is 10.2. The summed E-state index contributed by atoms with van der Waals surface area (Å²) >= 11 is 0. The zero-order valence-electron chi connectivity index (χ0n) is 41.6. The van der Waals surface area contributed by atoms with Crippen molar-refractivity contribution in [3.63, 3.8) is 0 Å². The third kappa shape index (κ3) is 7.98. The van der Waals surface area contributed by atoms with Crippen LogP contribution in [0, 0.1) is 0 Å². The van der Waals surface area contributed by atoms with Gasteiger partial charge in [0, 0.05) is 33.4 Å². The largest absolute Gasteiger partial charge is 0.243 e. The van der Waals surface area contributed by atoms with Crippen molar-refractivity contribution in [2.45, 2.75) is 0 Å². The van der Waals surface area contributed by atoms with Crippen molar-refractivity contribution < 1.29 is 0 Å². The predicted molar refractivity (Wildman–Crippen MR) is 310 cm³/mol. The van der Waals surface area contributed by atoms with Crippen LogP contribution in [0.5, 0.6) is 0 Å². The van der Waals surface area contributed by atoms with Gasteiger partial charge >= 0.3 is 0 Å². The number of amidine groups is 9. The molecule has 0 saturated carbocycles. The summed E-state index contributed by atoms with van der Waals surface area (Å²) in [5.41, 5.74) is 4.38. The number of aliphatic imine (C=N–C) groups is 18. The molecule has 16 rings (SSSR count). The quantitative estimate of drug-likeness (QED) is 0.167. The van der Waals surface area contributed by atoms with Gasteiger partial charge in [-0.15, -0.1) is 0 Å². The summed E-state index contributed by atoms with van der Waals surface area (Å²) in [5.74, 6) is 3.66. The molecule has 0 fully saturated rings. The molecule has 0 atom stereocenters. The average molecular weight is 1050 g/mol. The first-order chi connectivity index (χ1) is 40.0. The highest BCUT2D eigenvalue weighted by Crippen LogP contribution is 2.27. The minimum Gasteiger partial charge on any atom is -0.213 e. The van der Waals surface area contributed by atoms with Crippen LogP contribution in [0.3, 0.4) is 0 Å². The molecule has 24 heteroatoms. The van der Waals surface area contributed by atoms with Crippen LogP contribution in [0.4, 0.5) is 0 Å². The third-order valence-corrected chi connectivity index (χ3v) is 12.9. The third-order valence-electron chi connectivity index (χ3n) is 12.9. The first-order valence-corrected chi connectivity index (χ1v) is 25.1. The number of rotatable bonds is 9. The van der Waals surface area contributed by atoms with Crippen molar-refractivity contribution in [3.05, 3.63) is 233 Å². The second-order valence-corrected chi connectivity index (χ2v) is 18.1. The Kier molecular flexibility index (Phi) is 10.1. The zero-order valence-corrected chi connectivity index (χ0v) is 41.6. The minimum atomic E-state index is -0.0576. The fraction of sp³-hybridized carbons (Fsp3) is 0. The maximum atomic E-state index is 5.05. The predicted octanol–water partition coefficient (Wildman–Crippen LogP) is 6.02. The molecule has 9 aliphatic rings. The Labute approximate surface area is 456 Å². The van der Waals surface area contributed by atoms with E-state index in [9.17, 15) is 0 Å². The number of nitrogens with zero attached hydrogens (tertiary/aromatic N) is 24. The normalized spacial score (nSPS) is 18.1. The van der Waals surface area contributed by atoms with Gasteiger partial charge in [-0.05, 0) is 0 Å². The Bertz CT molecular complexity index is 3930. The Morgan fingerprint density at radius 3 is 0.481 bits per heavy atom. The van der Waals surface area contributed by atoms with Gasteiger partial charge in [-0.3, -0.25) is 0 Å². The Hall–Kier alpha value is -12.2. The maximum Gasteiger partial charge on any atom is 0.243 e. The molecule has 9 aliphatic heterocycles. The number of aromatic nitrogens is 3. The minimum absolute atomic E-state index is 0.0112. The number of guanidine groups is 9. The standard InChI is InChI=1S/C57H30N24/c1-7-19-31(20-8-1)37-61-49-62-38(32-21-9-2-10-22-32)68-53-74-46(73-52(67-37)79(49)53)43-58-44(47-75-54-69-39(33-23-11-3-12-24-33)63-50-64-40(34-25-13-4-14-26-34)70-55(76-47)80(50)54)60-45(59-43)48-77-56-71-41(35-27-15-5-16-28-35)65-51-66-42(36-29-17-6-18-30-36)72-57(78-48)81(51)56/h1-30H. The van der Waals surface area contributed by atoms with Crippen molar-refractivity contribution in [1.29, 1.82) is 0 Å². The smallest absolute Gasteiger partial charge is 0.213 e. The zero-order chi connectivity index (χ0) is 53.4. The fourth-order valence-corrected chi connectivity index (χ4v) is 9.13. The Morgan fingerprint density at radius 1 is 0.160 bits per heavy atom. The Morgan fingerprint density at radius 2 is 0.309 bits per heavy atom. The number of hydrogen-bond acceptors (Lipinski definition) is 24. The van der Waals surface area contributed by atoms with E-state index in [0.717, 1.165) is 33.4 Å². The summed E-state index contributed by atoms with van der Waals surface area (Å²) in [6.07, 6.45) is 0. The van der Waals surface area contributed by atoms with Crippen LogP contribution in [0.1, 0.15) is 50.9 Å². The van der Waals surface area contributed by atoms with Gasteiger partial charge in [0.2, 0.25) is 88.6 Å². The second kappa shape index (κ2) is 18.2. The fourth-order valence-electron chi connectivity index (χ4n) is 9.13. The molecule has 81 heavy (non-hydrogen) atoms. The van der Waals surface area contributed by atoms with Gasteiger partial charge in [0.1, 0.15) is 0 Å². The van der Waals surface area contributed by atoms with Crippen molar-refractivity contribution in [1.82, 2.24) is 29.7 Å². The van der Waals surface area contributed by atoms with Gasteiger partial charge in [-0.25, -0.2) is 29.7 Å². The van der Waals surface area contributed by atoms with E-state index >= 15 is 0 Å². The second-order valence-electron chi connectivity index (χ2n) is 18.1. The van der Waals surface area contributed by atoms with E-state index in [1.54, 1.807) is 14.7 Å². The average Bonchev–Trinajstić information content (AvgIpc) is 3.69. The van der Waals surface area contributed by atoms with E-state index in [4.69, 9.17) is 105 Å². The first-order valence-electron chi connectivity index (χ1n) is 25.1. The molecule has 0 amide bonds. The summed E-state index contributed by atoms with van der Waals surface area (Å²) in [7, 11) is 0. The molecule has 7 aromatic rings. The van der Waals surface area contributed by atoms with Crippen LogP contribution < -0.4 is 0 Å². The molecular formula is C57H30N24. The van der Waals surface area contributed by atoms with Crippen molar-refractivity contribution in [3.8, 4) is 0 Å². The molecular weight excluding hydrogens is 1020 g/mol. The molecule has 0 spiro atoms. The van der Waals surface area contributed by atoms with Gasteiger partial charge in [0.05, 0.1) is 0 Å². The molecule has 10 heterocycles. The van der Waals surface area contributed by atoms with Crippen molar-refractivity contribution >= 4 is 106 Å². The lowest BCUT2D eigenvalue weighted by Crippen LogP contribution is -2.48. The van der Waals surface area contributed by atoms with Crippen LogP contribution in [0.25, 0.3) is 0 Å². The molecule has 0 saturated heterocycles. The van der Waals surface area contributed by atoms with Gasteiger partial charge in [0.15, 0.2) is 35.0 Å². The van der Waals surface area contributed by atoms with Gasteiger partial charge in [0.25, 0.3) is 0 Å². The summed E-state index contributed by atoms with van der Waals surface area (Å²) in [5, 5.41) is 0. The van der Waals surface area contributed by atoms with Crippen LogP contribution in [-0.4, -0.2) is 136 Å². The van der Waals surface area contributed by atoms with E-state index < -0.39 is 0 Å². The Balaban J connectivity index is 0.913. The summed E-state index contributed by atoms with van der Waals surface area (Å²) < 4.78 is 0. The number of hydrogen-bond donors (Lipinski definition) is 0. The highest BCUT2D eigenvalue weighted by Gasteiger charge is 2.41. The van der Waals surface area contributed by atoms with Crippen LogP contribution in [0.2, 0.25) is 0 Å². The van der Waals surface area contributed by atoms with E-state index in [-0.39, 0.29) is 88.6 Å². The molecule has 0 aliphatic carbocycles. The highest BCUT2D eigenvalue weighted by molar-refractivity contribution is 6.37. The summed E-state index contributed by atoms with van der Waals surface area (Å²) in [4.78, 5) is 109. The van der Waals surface area contributed by atoms with Gasteiger partial charge in [-0.1, -0.05) is 182 Å². The molecule has 0 unspecified atom stereocenters. The molecule has 6 aromatic carbocycles. The van der Waals surface area contributed by atoms with Gasteiger partial charge < -0.3 is 0 Å². The van der Waals surface area contributed by atoms with Crippen molar-refractivity contribution in [2.24, 2.45) is 89.9 Å². The first kappa shape index (κ1) is 45.0. The lowest BCUT2D eigenvalue weighted by Gasteiger charge is -2.31. The highest BCUT2D eigenvalue weighted by atomic mass is 15.5. The van der Waals surface area contributed by atoms with Crippen LogP contribution in [0.15, 0.2) is 272 Å². The molecule has 378 valence electrons. The van der Waals surface area contributed by atoms with Crippen LogP contribution in [-0.2, 0) is 0 Å². The molecule has 0 bridgehead atoms. The van der Waals surface area contributed by atoms with E-state index in [1.807, 2.05) is 182 Å². The monoisotopic (exact) mass is 1050 g/mol. The molecule has 1 aromatic heterocycles. The molecule has 0 N–H and O–H groups in total. The van der Waals surface area contributed by atoms with E-state index in [0.29, 0.717) is 35.0 Å². The van der Waals surface area contributed by atoms with E-state index in [1.165, 1.54) is 0 Å². The summed E-state index contributed by atoms with van der Waals surface area (Å²) in [6, 6.07) is 57.2. The summed E-state index contributed by atoms with van der Waals surface area (Å²) in [6.45, 7) is 0. The number of benzene rings is 6. The van der Waals surface area contributed by atoms with Gasteiger partial charge in [-0.2, -0.15) is 89.9 Å². The van der Waals surface area contributed by atoms with Crippen LogP contribution >= 0.6 is 0 Å².